The van der Waals surface area contributed by atoms with Crippen LogP contribution < -0.4 is 13.3 Å². The van der Waals surface area contributed by atoms with Gasteiger partial charge in [-0.25, -0.2) is 0 Å². The molecule has 0 amide bonds. The number of para-hydroxylation sites is 3. The van der Waals surface area contributed by atoms with Crippen LogP contribution in [0, 0.1) is 0 Å². The summed E-state index contributed by atoms with van der Waals surface area (Å²) >= 11 is 0. The summed E-state index contributed by atoms with van der Waals surface area (Å²) in [4.78, 5) is 0. The molecule has 3 rings (SSSR count). The zero-order chi connectivity index (χ0) is 20.6. The predicted molar refractivity (Wildman–Crippen MR) is 117 cm³/mol. The molecule has 0 heterocycles. The normalized spacial score (nSPS) is 11.7. The molecule has 29 heavy (non-hydrogen) atoms. The van der Waals surface area contributed by atoms with E-state index >= 15 is 0 Å². The van der Waals surface area contributed by atoms with Crippen molar-refractivity contribution in [2.45, 2.75) is 13.1 Å². The molecule has 0 bridgehead atoms. The van der Waals surface area contributed by atoms with Gasteiger partial charge in [-0.05, 0) is 49.5 Å². The van der Waals surface area contributed by atoms with Gasteiger partial charge in [0.25, 0.3) is 0 Å². The van der Waals surface area contributed by atoms with E-state index < -0.39 is 17.4 Å². The van der Waals surface area contributed by atoms with Gasteiger partial charge in [-0.1, -0.05) is 54.6 Å². The number of hydrogen-bond donors (Lipinski definition) is 0. The van der Waals surface area contributed by atoms with E-state index in [2.05, 4.69) is 0 Å². The summed E-state index contributed by atoms with van der Waals surface area (Å²) in [5.41, 5.74) is 0. The minimum atomic E-state index is -3.41. The first-order valence-electron chi connectivity index (χ1n) is 9.42. The molecule has 0 fully saturated rings. The molecular formula is C22H26O5Si2. The molecule has 152 valence electrons. The highest BCUT2D eigenvalue weighted by molar-refractivity contribution is 6.68. The Bertz CT molecular complexity index is 759. The molecule has 0 saturated heterocycles. The van der Waals surface area contributed by atoms with Crippen molar-refractivity contribution in [3.8, 4) is 17.2 Å². The van der Waals surface area contributed by atoms with Gasteiger partial charge in [-0.15, -0.1) is 0 Å². The lowest BCUT2D eigenvalue weighted by atomic mass is 10.3. The van der Waals surface area contributed by atoms with E-state index in [1.807, 2.05) is 104 Å². The Hall–Kier alpha value is -2.59. The largest absolute Gasteiger partial charge is 0.725 e. The Morgan fingerprint density at radius 3 is 1.24 bits per heavy atom. The zero-order valence-corrected chi connectivity index (χ0v) is 18.9. The monoisotopic (exact) mass is 426 g/mol. The highest BCUT2D eigenvalue weighted by Crippen LogP contribution is 2.25. The maximum absolute atomic E-state index is 6.39. The minimum absolute atomic E-state index is 0.152. The first-order valence-corrected chi connectivity index (χ1v) is 14.2. The van der Waals surface area contributed by atoms with Gasteiger partial charge in [0, 0.05) is 7.11 Å². The molecule has 0 atom stereocenters. The van der Waals surface area contributed by atoms with Crippen molar-refractivity contribution in [1.82, 2.24) is 0 Å². The molecule has 0 spiro atoms. The summed E-state index contributed by atoms with van der Waals surface area (Å²) in [6, 6.07) is 28.5. The van der Waals surface area contributed by atoms with E-state index in [9.17, 15) is 0 Å². The van der Waals surface area contributed by atoms with E-state index in [0.29, 0.717) is 17.2 Å². The summed E-state index contributed by atoms with van der Waals surface area (Å²) in [5.74, 6) is 1.98. The zero-order valence-electron chi connectivity index (χ0n) is 16.9. The number of rotatable bonds is 10. The van der Waals surface area contributed by atoms with Crippen LogP contribution in [0.25, 0.3) is 0 Å². The van der Waals surface area contributed by atoms with Gasteiger partial charge < -0.3 is 22.1 Å². The molecule has 0 radical (unpaired) electrons. The quantitative estimate of drug-likeness (QED) is 0.424. The minimum Gasteiger partial charge on any atom is -0.482 e. The van der Waals surface area contributed by atoms with Crippen LogP contribution in [0.2, 0.25) is 13.1 Å². The third-order valence-electron chi connectivity index (χ3n) is 4.14. The fourth-order valence-electron chi connectivity index (χ4n) is 2.48. The molecular weight excluding hydrogens is 400 g/mol. The second kappa shape index (κ2) is 9.75. The molecule has 7 heteroatoms. The van der Waals surface area contributed by atoms with Gasteiger partial charge in [0.05, 0.1) is 0 Å². The number of hydrogen-bond acceptors (Lipinski definition) is 5. The summed E-state index contributed by atoms with van der Waals surface area (Å²) in [6.07, 6.45) is 0.152. The maximum Gasteiger partial charge on any atom is 0.725 e. The second-order valence-corrected chi connectivity index (χ2v) is 12.6. The first-order chi connectivity index (χ1) is 14.0. The second-order valence-electron chi connectivity index (χ2n) is 6.82. The van der Waals surface area contributed by atoms with Crippen molar-refractivity contribution >= 4 is 17.4 Å². The van der Waals surface area contributed by atoms with Gasteiger partial charge >= 0.3 is 17.4 Å². The topological polar surface area (TPSA) is 46.2 Å². The highest BCUT2D eigenvalue weighted by atomic mass is 28.4. The van der Waals surface area contributed by atoms with Crippen molar-refractivity contribution < 1.29 is 22.1 Å². The molecule has 5 nitrogen and oxygen atoms in total. The van der Waals surface area contributed by atoms with Crippen LogP contribution in [0.3, 0.4) is 0 Å². The van der Waals surface area contributed by atoms with E-state index in [1.165, 1.54) is 0 Å². The smallest absolute Gasteiger partial charge is 0.482 e. The fraction of sp³-hybridized carbons (Fsp3) is 0.182. The molecule has 0 unspecified atom stereocenters. The molecule has 0 aliphatic carbocycles. The molecule has 0 aromatic heterocycles. The van der Waals surface area contributed by atoms with Crippen molar-refractivity contribution in [2.24, 2.45) is 0 Å². The molecule has 0 N–H and O–H groups in total. The van der Waals surface area contributed by atoms with Crippen molar-refractivity contribution in [2.75, 3.05) is 13.3 Å². The molecule has 3 aromatic carbocycles. The summed E-state index contributed by atoms with van der Waals surface area (Å²) in [7, 11) is -4.10. The average molecular weight is 427 g/mol. The van der Waals surface area contributed by atoms with Crippen LogP contribution >= 0.6 is 0 Å². The lowest BCUT2D eigenvalue weighted by Crippen LogP contribution is -2.61. The van der Waals surface area contributed by atoms with E-state index in [4.69, 9.17) is 22.1 Å². The van der Waals surface area contributed by atoms with Crippen LogP contribution in [0.4, 0.5) is 0 Å². The number of benzene rings is 3. The van der Waals surface area contributed by atoms with Crippen LogP contribution in [-0.2, 0) is 8.85 Å². The van der Waals surface area contributed by atoms with Gasteiger partial charge in [-0.2, -0.15) is 0 Å². The molecule has 0 aliphatic heterocycles. The predicted octanol–water partition coefficient (Wildman–Crippen LogP) is 5.07. The van der Waals surface area contributed by atoms with Gasteiger partial charge in [0.2, 0.25) is 0 Å². The Balaban J connectivity index is 1.97. The molecule has 0 saturated carbocycles. The lowest BCUT2D eigenvalue weighted by molar-refractivity contribution is 0.177. The summed E-state index contributed by atoms with van der Waals surface area (Å²) in [6.45, 7) is 3.94. The molecule has 0 aliphatic rings. The molecule has 3 aromatic rings. The van der Waals surface area contributed by atoms with Gasteiger partial charge in [0.1, 0.15) is 23.5 Å². The summed E-state index contributed by atoms with van der Waals surface area (Å²) < 4.78 is 30.9. The maximum atomic E-state index is 6.39. The Morgan fingerprint density at radius 2 is 0.931 bits per heavy atom. The Morgan fingerprint density at radius 1 is 0.586 bits per heavy atom. The van der Waals surface area contributed by atoms with Crippen LogP contribution in [0.15, 0.2) is 91.0 Å². The SMILES string of the molecule is CO[Si](C)(C)OC[Si](Oc1ccccc1)(Oc1ccccc1)Oc1ccccc1. The van der Waals surface area contributed by atoms with Crippen molar-refractivity contribution in [3.63, 3.8) is 0 Å². The Labute approximate surface area is 174 Å². The van der Waals surface area contributed by atoms with E-state index in [-0.39, 0.29) is 6.23 Å². The van der Waals surface area contributed by atoms with Crippen LogP contribution in [-0.4, -0.2) is 30.7 Å². The van der Waals surface area contributed by atoms with E-state index in [0.717, 1.165) is 0 Å². The highest BCUT2D eigenvalue weighted by Gasteiger charge is 2.52. The first kappa shape index (κ1) is 21.1. The van der Waals surface area contributed by atoms with E-state index in [1.54, 1.807) is 7.11 Å². The van der Waals surface area contributed by atoms with Crippen LogP contribution in [0.1, 0.15) is 0 Å². The van der Waals surface area contributed by atoms with Crippen molar-refractivity contribution in [3.05, 3.63) is 91.0 Å². The van der Waals surface area contributed by atoms with Crippen LogP contribution in [0.5, 0.6) is 17.2 Å². The average Bonchev–Trinajstić information content (AvgIpc) is 2.75. The third-order valence-corrected chi connectivity index (χ3v) is 8.39. The lowest BCUT2D eigenvalue weighted by Gasteiger charge is -2.32. The Kier molecular flexibility index (Phi) is 7.10. The standard InChI is InChI=1S/C22H26O5Si2/c1-23-28(2,3)24-19-29(25-20-13-7-4-8-14-20,26-21-15-9-5-10-16-21)27-22-17-11-6-12-18-22/h4-18H,19H2,1-3H3. The van der Waals surface area contributed by atoms with Gasteiger partial charge in [0.15, 0.2) is 0 Å². The van der Waals surface area contributed by atoms with Crippen molar-refractivity contribution in [1.29, 1.82) is 0 Å². The third kappa shape index (κ3) is 6.47. The summed E-state index contributed by atoms with van der Waals surface area (Å²) in [5, 5.41) is 0. The van der Waals surface area contributed by atoms with Gasteiger partial charge in [-0.3, -0.25) is 0 Å². The fourth-order valence-corrected chi connectivity index (χ4v) is 6.48.